The zero-order valence-corrected chi connectivity index (χ0v) is 14.8. The first-order valence-corrected chi connectivity index (χ1v) is 8.81. The molecule has 0 saturated carbocycles. The molecule has 6 heteroatoms. The minimum atomic E-state index is 0.159. The number of hydrogen-bond acceptors (Lipinski definition) is 3. The van der Waals surface area contributed by atoms with E-state index < -0.39 is 0 Å². The molecule has 2 aliphatic rings. The molecule has 21 heavy (non-hydrogen) atoms. The summed E-state index contributed by atoms with van der Waals surface area (Å²) in [6.45, 7) is 2.65. The molecule has 2 bridgehead atoms. The van der Waals surface area contributed by atoms with Crippen LogP contribution in [0.15, 0.2) is 6.20 Å². The van der Waals surface area contributed by atoms with E-state index in [0.717, 1.165) is 22.1 Å². The number of aromatic nitrogens is 2. The molecule has 0 aliphatic carbocycles. The van der Waals surface area contributed by atoms with Gasteiger partial charge in [0.1, 0.15) is 0 Å². The lowest BCUT2D eigenvalue weighted by molar-refractivity contribution is -0.122. The largest absolute Gasteiger partial charge is 0.353 e. The molecule has 2 atom stereocenters. The van der Waals surface area contributed by atoms with Crippen LogP contribution >= 0.6 is 22.6 Å². The monoisotopic (exact) mass is 402 g/mol. The molecule has 2 saturated heterocycles. The molecule has 116 valence electrons. The van der Waals surface area contributed by atoms with Crippen LogP contribution in [0.25, 0.3) is 0 Å². The number of hydrogen-bond donors (Lipinski definition) is 1. The molecular formula is C15H23IN4O. The van der Waals surface area contributed by atoms with Crippen molar-refractivity contribution in [3.8, 4) is 0 Å². The van der Waals surface area contributed by atoms with E-state index in [4.69, 9.17) is 0 Å². The fraction of sp³-hybridized carbons (Fsp3) is 0.733. The van der Waals surface area contributed by atoms with Crippen LogP contribution in [0.3, 0.4) is 0 Å². The van der Waals surface area contributed by atoms with Crippen molar-refractivity contribution < 1.29 is 4.79 Å². The van der Waals surface area contributed by atoms with Gasteiger partial charge in [0.05, 0.1) is 9.26 Å². The summed E-state index contributed by atoms with van der Waals surface area (Å²) in [5.41, 5.74) is 1.03. The minimum Gasteiger partial charge on any atom is -0.353 e. The highest BCUT2D eigenvalue weighted by molar-refractivity contribution is 14.1. The van der Waals surface area contributed by atoms with Crippen LogP contribution in [0.1, 0.15) is 37.8 Å². The number of nitrogens with zero attached hydrogens (tertiary/aromatic N) is 3. The van der Waals surface area contributed by atoms with Gasteiger partial charge in [0.2, 0.25) is 5.91 Å². The van der Waals surface area contributed by atoms with Crippen LogP contribution in [-0.4, -0.2) is 45.8 Å². The summed E-state index contributed by atoms with van der Waals surface area (Å²) in [6.07, 6.45) is 7.31. The number of nitrogens with one attached hydrogen (secondary N) is 1. The van der Waals surface area contributed by atoms with Gasteiger partial charge in [-0.3, -0.25) is 9.48 Å². The van der Waals surface area contributed by atoms with Crippen molar-refractivity contribution >= 4 is 28.5 Å². The zero-order chi connectivity index (χ0) is 15.0. The smallest absolute Gasteiger partial charge is 0.222 e. The summed E-state index contributed by atoms with van der Waals surface area (Å²) in [4.78, 5) is 14.6. The molecule has 2 aliphatic heterocycles. The molecule has 2 fully saturated rings. The summed E-state index contributed by atoms with van der Waals surface area (Å²) >= 11 is 2.27. The average molecular weight is 402 g/mol. The Bertz CT molecular complexity index is 496. The Kier molecular flexibility index (Phi) is 4.54. The van der Waals surface area contributed by atoms with E-state index in [9.17, 15) is 4.79 Å². The SMILES string of the molecule is Cc1nn(CCC(=O)NC2CC3CCC(C2)N3C)cc1I. The quantitative estimate of drug-likeness (QED) is 0.784. The van der Waals surface area contributed by atoms with Crippen LogP contribution in [0.2, 0.25) is 0 Å². The van der Waals surface area contributed by atoms with E-state index in [-0.39, 0.29) is 5.91 Å². The number of amides is 1. The van der Waals surface area contributed by atoms with Gasteiger partial charge in [0.15, 0.2) is 0 Å². The summed E-state index contributed by atoms with van der Waals surface area (Å²) in [7, 11) is 2.22. The molecule has 0 aromatic carbocycles. The predicted octanol–water partition coefficient (Wildman–Crippen LogP) is 1.93. The predicted molar refractivity (Wildman–Crippen MR) is 90.0 cm³/mol. The number of rotatable bonds is 4. The van der Waals surface area contributed by atoms with Crippen molar-refractivity contribution in [2.45, 2.75) is 63.7 Å². The third-order valence-electron chi connectivity index (χ3n) is 4.92. The van der Waals surface area contributed by atoms with Crippen molar-refractivity contribution in [2.24, 2.45) is 0 Å². The van der Waals surface area contributed by atoms with E-state index in [1.54, 1.807) is 0 Å². The Morgan fingerprint density at radius 2 is 2.10 bits per heavy atom. The molecule has 3 heterocycles. The van der Waals surface area contributed by atoms with Gasteiger partial charge in [0.25, 0.3) is 0 Å². The molecule has 0 spiro atoms. The fourth-order valence-corrected chi connectivity index (χ4v) is 4.08. The van der Waals surface area contributed by atoms with Crippen LogP contribution in [0.5, 0.6) is 0 Å². The second-order valence-electron chi connectivity index (χ2n) is 6.36. The average Bonchev–Trinajstić information content (AvgIpc) is 2.84. The van der Waals surface area contributed by atoms with E-state index in [1.165, 1.54) is 12.8 Å². The molecule has 5 nitrogen and oxygen atoms in total. The topological polar surface area (TPSA) is 50.2 Å². The highest BCUT2D eigenvalue weighted by atomic mass is 127. The number of aryl methyl sites for hydroxylation is 2. The van der Waals surface area contributed by atoms with Gasteiger partial charge in [-0.2, -0.15) is 5.10 Å². The van der Waals surface area contributed by atoms with Gasteiger partial charge in [0, 0.05) is 37.3 Å². The van der Waals surface area contributed by atoms with E-state index in [0.29, 0.717) is 31.1 Å². The van der Waals surface area contributed by atoms with Crippen LogP contribution in [0.4, 0.5) is 0 Å². The van der Waals surface area contributed by atoms with Crippen molar-refractivity contribution in [2.75, 3.05) is 7.05 Å². The number of carbonyl (C=O) groups excluding carboxylic acids is 1. The van der Waals surface area contributed by atoms with E-state index in [2.05, 4.69) is 45.0 Å². The summed E-state index contributed by atoms with van der Waals surface area (Å²) in [5, 5.41) is 7.62. The Labute approximate surface area is 139 Å². The Morgan fingerprint density at radius 3 is 2.67 bits per heavy atom. The lowest BCUT2D eigenvalue weighted by Crippen LogP contribution is -2.48. The molecule has 3 rings (SSSR count). The molecule has 0 radical (unpaired) electrons. The fourth-order valence-electron chi connectivity index (χ4n) is 3.65. The first-order chi connectivity index (χ1) is 10.0. The normalized spacial score (nSPS) is 28.8. The lowest BCUT2D eigenvalue weighted by atomic mass is 9.98. The second-order valence-corrected chi connectivity index (χ2v) is 7.52. The van der Waals surface area contributed by atoms with Gasteiger partial charge in [-0.15, -0.1) is 0 Å². The first kappa shape index (κ1) is 15.3. The molecule has 1 aromatic rings. The number of fused-ring (bicyclic) bond motifs is 2. The maximum absolute atomic E-state index is 12.1. The summed E-state index contributed by atoms with van der Waals surface area (Å²) in [6, 6.07) is 1.71. The molecule has 1 N–H and O–H groups in total. The molecule has 2 unspecified atom stereocenters. The molecule has 1 aromatic heterocycles. The third-order valence-corrected chi connectivity index (χ3v) is 5.98. The second kappa shape index (κ2) is 6.24. The van der Waals surface area contributed by atoms with Gasteiger partial charge in [-0.1, -0.05) is 0 Å². The van der Waals surface area contributed by atoms with Crippen molar-refractivity contribution in [1.82, 2.24) is 20.0 Å². The number of piperidine rings is 1. The number of carbonyl (C=O) groups is 1. The van der Waals surface area contributed by atoms with Gasteiger partial charge in [-0.25, -0.2) is 0 Å². The maximum atomic E-state index is 12.1. The Balaban J connectivity index is 1.46. The van der Waals surface area contributed by atoms with Crippen molar-refractivity contribution in [3.63, 3.8) is 0 Å². The van der Waals surface area contributed by atoms with Gasteiger partial charge >= 0.3 is 0 Å². The standard InChI is InChI=1S/C15H23IN4O/c1-10-14(16)9-20(18-10)6-5-15(21)17-11-7-12-3-4-13(8-11)19(12)2/h9,11-13H,3-8H2,1-2H3,(H,17,21). The van der Waals surface area contributed by atoms with Crippen LogP contribution in [-0.2, 0) is 11.3 Å². The zero-order valence-electron chi connectivity index (χ0n) is 12.7. The van der Waals surface area contributed by atoms with Gasteiger partial charge in [-0.05, 0) is 62.2 Å². The Hall–Kier alpha value is -0.630. The van der Waals surface area contributed by atoms with Crippen molar-refractivity contribution in [1.29, 1.82) is 0 Å². The molecular weight excluding hydrogens is 379 g/mol. The van der Waals surface area contributed by atoms with E-state index in [1.807, 2.05) is 17.8 Å². The lowest BCUT2D eigenvalue weighted by Gasteiger charge is -2.36. The summed E-state index contributed by atoms with van der Waals surface area (Å²) in [5.74, 6) is 0.159. The highest BCUT2D eigenvalue weighted by Gasteiger charge is 2.38. The van der Waals surface area contributed by atoms with Crippen LogP contribution in [0, 0.1) is 10.5 Å². The van der Waals surface area contributed by atoms with Crippen LogP contribution < -0.4 is 5.32 Å². The molecule has 1 amide bonds. The number of halogens is 1. The summed E-state index contributed by atoms with van der Waals surface area (Å²) < 4.78 is 3.02. The maximum Gasteiger partial charge on any atom is 0.222 e. The van der Waals surface area contributed by atoms with Crippen molar-refractivity contribution in [3.05, 3.63) is 15.5 Å². The third kappa shape index (κ3) is 3.41. The minimum absolute atomic E-state index is 0.159. The first-order valence-electron chi connectivity index (χ1n) is 7.74. The Morgan fingerprint density at radius 1 is 1.43 bits per heavy atom. The highest BCUT2D eigenvalue weighted by Crippen LogP contribution is 2.34. The van der Waals surface area contributed by atoms with Gasteiger partial charge < -0.3 is 10.2 Å². The van der Waals surface area contributed by atoms with E-state index >= 15 is 0 Å².